The molecule has 4 aromatic rings. The van der Waals surface area contributed by atoms with Crippen molar-refractivity contribution in [1.29, 1.82) is 0 Å². The average molecular weight is 270 g/mol. The second-order valence-corrected chi connectivity index (χ2v) is 4.23. The maximum absolute atomic E-state index is 11.0. The maximum Gasteiger partial charge on any atom is 0.519 e. The van der Waals surface area contributed by atoms with E-state index in [9.17, 15) is 9.59 Å². The normalized spacial score (nSPS) is 11.4. The second kappa shape index (κ2) is 3.74. The predicted molar refractivity (Wildman–Crippen MR) is 68.5 cm³/mol. The molecule has 0 bridgehead atoms. The largest absolute Gasteiger partial charge is 0.519 e. The van der Waals surface area contributed by atoms with Gasteiger partial charge in [-0.25, -0.2) is 9.59 Å². The summed E-state index contributed by atoms with van der Waals surface area (Å²) in [6, 6.07) is 10.2. The SMILES string of the molecule is O=c1oc2ccc(-c3ccc4oc(=O)oc4c3)cc2o1. The lowest BCUT2D eigenvalue weighted by Gasteiger charge is -1.99. The highest BCUT2D eigenvalue weighted by Gasteiger charge is 2.09. The Morgan fingerprint density at radius 2 is 0.950 bits per heavy atom. The first-order chi connectivity index (χ1) is 9.69. The minimum Gasteiger partial charge on any atom is -0.391 e. The molecule has 0 aliphatic heterocycles. The molecular formula is C14H6O6. The van der Waals surface area contributed by atoms with E-state index in [1.807, 2.05) is 0 Å². The van der Waals surface area contributed by atoms with Gasteiger partial charge in [0.2, 0.25) is 0 Å². The Hall–Kier alpha value is -3.02. The van der Waals surface area contributed by atoms with Gasteiger partial charge in [-0.1, -0.05) is 12.1 Å². The Labute approximate surface area is 109 Å². The van der Waals surface area contributed by atoms with Gasteiger partial charge in [0.1, 0.15) is 0 Å². The molecule has 20 heavy (non-hydrogen) atoms. The van der Waals surface area contributed by atoms with Gasteiger partial charge >= 0.3 is 11.6 Å². The van der Waals surface area contributed by atoms with E-state index in [0.29, 0.717) is 22.3 Å². The molecule has 0 radical (unpaired) electrons. The van der Waals surface area contributed by atoms with Gasteiger partial charge in [0.15, 0.2) is 22.3 Å². The van der Waals surface area contributed by atoms with Gasteiger partial charge < -0.3 is 17.7 Å². The van der Waals surface area contributed by atoms with Crippen molar-refractivity contribution >= 4 is 22.3 Å². The van der Waals surface area contributed by atoms with E-state index >= 15 is 0 Å². The van der Waals surface area contributed by atoms with Crippen LogP contribution < -0.4 is 11.6 Å². The first-order valence-electron chi connectivity index (χ1n) is 5.77. The lowest BCUT2D eigenvalue weighted by molar-refractivity contribution is 0.408. The Bertz CT molecular complexity index is 957. The van der Waals surface area contributed by atoms with Crippen molar-refractivity contribution in [2.45, 2.75) is 0 Å². The average Bonchev–Trinajstić information content (AvgIpc) is 2.97. The molecular weight excluding hydrogens is 264 g/mol. The predicted octanol–water partition coefficient (Wildman–Crippen LogP) is 2.75. The molecule has 0 aliphatic carbocycles. The van der Waals surface area contributed by atoms with Crippen LogP contribution in [0.15, 0.2) is 63.7 Å². The molecule has 0 saturated carbocycles. The zero-order chi connectivity index (χ0) is 13.7. The van der Waals surface area contributed by atoms with Gasteiger partial charge in [0, 0.05) is 0 Å². The fraction of sp³-hybridized carbons (Fsp3) is 0. The van der Waals surface area contributed by atoms with E-state index in [1.54, 1.807) is 36.4 Å². The molecule has 4 rings (SSSR count). The summed E-state index contributed by atoms with van der Waals surface area (Å²) in [6.07, 6.45) is 0. The van der Waals surface area contributed by atoms with Crippen LogP contribution in [0.5, 0.6) is 0 Å². The molecule has 0 fully saturated rings. The maximum atomic E-state index is 11.0. The zero-order valence-corrected chi connectivity index (χ0v) is 9.91. The highest BCUT2D eigenvalue weighted by Crippen LogP contribution is 2.26. The van der Waals surface area contributed by atoms with Gasteiger partial charge in [-0.2, -0.15) is 0 Å². The first-order valence-corrected chi connectivity index (χ1v) is 5.77. The number of hydrogen-bond donors (Lipinski definition) is 0. The summed E-state index contributed by atoms with van der Waals surface area (Å²) in [5, 5.41) is 0. The van der Waals surface area contributed by atoms with Gasteiger partial charge in [0.25, 0.3) is 0 Å². The molecule has 2 aromatic carbocycles. The van der Waals surface area contributed by atoms with Crippen LogP contribution >= 0.6 is 0 Å². The van der Waals surface area contributed by atoms with Crippen LogP contribution in [0.1, 0.15) is 0 Å². The highest BCUT2D eigenvalue weighted by atomic mass is 16.6. The van der Waals surface area contributed by atoms with E-state index in [1.165, 1.54) is 0 Å². The highest BCUT2D eigenvalue weighted by molar-refractivity contribution is 5.83. The van der Waals surface area contributed by atoms with E-state index in [4.69, 9.17) is 17.7 Å². The molecule has 2 aromatic heterocycles. The van der Waals surface area contributed by atoms with Crippen LogP contribution in [0.3, 0.4) is 0 Å². The Balaban J connectivity index is 1.94. The number of hydrogen-bond acceptors (Lipinski definition) is 6. The smallest absolute Gasteiger partial charge is 0.391 e. The van der Waals surface area contributed by atoms with Crippen molar-refractivity contribution in [2.75, 3.05) is 0 Å². The summed E-state index contributed by atoms with van der Waals surface area (Å²) >= 11 is 0. The summed E-state index contributed by atoms with van der Waals surface area (Å²) in [6.45, 7) is 0. The lowest BCUT2D eigenvalue weighted by atomic mass is 10.1. The fourth-order valence-electron chi connectivity index (χ4n) is 2.10. The summed E-state index contributed by atoms with van der Waals surface area (Å²) < 4.78 is 19.5. The summed E-state index contributed by atoms with van der Waals surface area (Å²) in [7, 11) is 0. The van der Waals surface area contributed by atoms with E-state index in [0.717, 1.165) is 11.1 Å². The second-order valence-electron chi connectivity index (χ2n) is 4.23. The van der Waals surface area contributed by atoms with Gasteiger partial charge in [-0.05, 0) is 35.4 Å². The Morgan fingerprint density at radius 1 is 0.550 bits per heavy atom. The lowest BCUT2D eigenvalue weighted by Crippen LogP contribution is -1.84. The van der Waals surface area contributed by atoms with Crippen molar-refractivity contribution in [2.24, 2.45) is 0 Å². The van der Waals surface area contributed by atoms with Crippen LogP contribution in [0.25, 0.3) is 33.5 Å². The van der Waals surface area contributed by atoms with E-state index in [-0.39, 0.29) is 0 Å². The molecule has 0 spiro atoms. The number of benzene rings is 2. The summed E-state index contributed by atoms with van der Waals surface area (Å²) in [4.78, 5) is 22.0. The van der Waals surface area contributed by atoms with Gasteiger partial charge in [0.05, 0.1) is 0 Å². The minimum absolute atomic E-state index is 0.362. The van der Waals surface area contributed by atoms with E-state index in [2.05, 4.69) is 0 Å². The van der Waals surface area contributed by atoms with Crippen LogP contribution in [-0.2, 0) is 0 Å². The molecule has 6 heteroatoms. The van der Waals surface area contributed by atoms with Crippen molar-refractivity contribution in [3.8, 4) is 11.1 Å². The topological polar surface area (TPSA) is 86.7 Å². The molecule has 6 nitrogen and oxygen atoms in total. The fourth-order valence-corrected chi connectivity index (χ4v) is 2.10. The molecule has 0 amide bonds. The van der Waals surface area contributed by atoms with Crippen molar-refractivity contribution in [1.82, 2.24) is 0 Å². The van der Waals surface area contributed by atoms with Crippen molar-refractivity contribution < 1.29 is 17.7 Å². The third-order valence-electron chi connectivity index (χ3n) is 2.99. The number of fused-ring (bicyclic) bond motifs is 2. The molecule has 0 unspecified atom stereocenters. The molecule has 2 heterocycles. The summed E-state index contributed by atoms with van der Waals surface area (Å²) in [5.41, 5.74) is 3.09. The monoisotopic (exact) mass is 270 g/mol. The third kappa shape index (κ3) is 1.58. The standard InChI is InChI=1S/C14H6O6/c15-13-17-9-3-1-7(5-11(9)19-13)8-2-4-10-12(6-8)20-14(16)18-10/h1-6H. The first kappa shape index (κ1) is 10.9. The minimum atomic E-state index is -0.742. The van der Waals surface area contributed by atoms with Gasteiger partial charge in [-0.3, -0.25) is 0 Å². The van der Waals surface area contributed by atoms with Crippen LogP contribution in [0.2, 0.25) is 0 Å². The third-order valence-corrected chi connectivity index (χ3v) is 2.99. The molecule has 0 aliphatic rings. The van der Waals surface area contributed by atoms with Crippen LogP contribution in [0.4, 0.5) is 0 Å². The van der Waals surface area contributed by atoms with Crippen molar-refractivity contribution in [3.05, 3.63) is 57.6 Å². The quantitative estimate of drug-likeness (QED) is 0.528. The zero-order valence-electron chi connectivity index (χ0n) is 9.91. The summed E-state index contributed by atoms with van der Waals surface area (Å²) in [5.74, 6) is -1.48. The van der Waals surface area contributed by atoms with Crippen molar-refractivity contribution in [3.63, 3.8) is 0 Å². The Morgan fingerprint density at radius 3 is 1.40 bits per heavy atom. The molecule has 0 saturated heterocycles. The molecule has 98 valence electrons. The van der Waals surface area contributed by atoms with E-state index < -0.39 is 11.6 Å². The molecule has 0 atom stereocenters. The Kier molecular flexibility index (Phi) is 2.03. The van der Waals surface area contributed by atoms with Gasteiger partial charge in [-0.15, -0.1) is 0 Å². The van der Waals surface area contributed by atoms with Crippen LogP contribution in [0, 0.1) is 0 Å². The number of rotatable bonds is 1. The van der Waals surface area contributed by atoms with Crippen LogP contribution in [-0.4, -0.2) is 0 Å². The molecule has 0 N–H and O–H groups in total.